The Balaban J connectivity index is 1.52. The summed E-state index contributed by atoms with van der Waals surface area (Å²) in [7, 11) is 1.65. The van der Waals surface area contributed by atoms with Gasteiger partial charge in [0.1, 0.15) is 11.6 Å². The van der Waals surface area contributed by atoms with Crippen molar-refractivity contribution in [3.8, 4) is 16.9 Å². The van der Waals surface area contributed by atoms with Gasteiger partial charge in [0.2, 0.25) is 6.20 Å². The molecule has 4 rings (SSSR count). The van der Waals surface area contributed by atoms with E-state index in [1.54, 1.807) is 31.4 Å². The highest BCUT2D eigenvalue weighted by Crippen LogP contribution is 2.27. The minimum absolute atomic E-state index is 0.230. The zero-order valence-electron chi connectivity index (χ0n) is 16.6. The number of pyridine rings is 2. The fourth-order valence-electron chi connectivity index (χ4n) is 3.36. The van der Waals surface area contributed by atoms with E-state index < -0.39 is 0 Å². The van der Waals surface area contributed by atoms with Gasteiger partial charge in [-0.1, -0.05) is 0 Å². The molecule has 30 heavy (non-hydrogen) atoms. The Bertz CT molecular complexity index is 1130. The van der Waals surface area contributed by atoms with Gasteiger partial charge in [0, 0.05) is 34.9 Å². The standard InChI is InChI=1S/C25H22F2N2O/c1-30-25-18-29(17-20-4-8-23(27)9-5-20)15-12-24(25)21-10-13-28(14-11-21)16-19-2-6-22(26)7-3-19/h2-15,18H,16-17H2,1H3/q+2. The molecule has 2 heterocycles. The SMILES string of the molecule is COc1c[n+](Cc2ccc(F)cc2)ccc1-c1cc[n+](Cc2ccc(F)cc2)cc1. The van der Waals surface area contributed by atoms with Crippen molar-refractivity contribution in [2.75, 3.05) is 7.11 Å². The van der Waals surface area contributed by atoms with Gasteiger partial charge in [-0.05, 0) is 54.1 Å². The number of benzene rings is 2. The summed E-state index contributed by atoms with van der Waals surface area (Å²) in [5.41, 5.74) is 4.07. The molecule has 4 aromatic rings. The second kappa shape index (κ2) is 8.82. The first kappa shape index (κ1) is 19.7. The number of hydrogen-bond donors (Lipinski definition) is 0. The number of rotatable bonds is 6. The van der Waals surface area contributed by atoms with Crippen LogP contribution in [0.2, 0.25) is 0 Å². The summed E-state index contributed by atoms with van der Waals surface area (Å²) < 4.78 is 35.8. The maximum Gasteiger partial charge on any atom is 0.212 e. The Morgan fingerprint density at radius 1 is 0.667 bits per heavy atom. The maximum absolute atomic E-state index is 13.1. The molecule has 0 radical (unpaired) electrons. The molecule has 0 aliphatic heterocycles. The average molecular weight is 404 g/mol. The molecule has 0 amide bonds. The Morgan fingerprint density at radius 2 is 1.17 bits per heavy atom. The molecule has 0 aliphatic rings. The van der Waals surface area contributed by atoms with Crippen LogP contribution < -0.4 is 13.9 Å². The third-order valence-electron chi connectivity index (χ3n) is 4.96. The minimum atomic E-state index is -0.238. The molecule has 2 aromatic heterocycles. The summed E-state index contributed by atoms with van der Waals surface area (Å²) in [6.45, 7) is 1.30. The predicted molar refractivity (Wildman–Crippen MR) is 110 cm³/mol. The highest BCUT2D eigenvalue weighted by molar-refractivity contribution is 5.68. The van der Waals surface area contributed by atoms with Crippen molar-refractivity contribution in [2.24, 2.45) is 0 Å². The summed E-state index contributed by atoms with van der Waals surface area (Å²) in [6, 6.07) is 19.1. The predicted octanol–water partition coefficient (Wildman–Crippen LogP) is 4.31. The van der Waals surface area contributed by atoms with Gasteiger partial charge in [0.05, 0.1) is 7.11 Å². The third-order valence-corrected chi connectivity index (χ3v) is 4.96. The molecule has 0 fully saturated rings. The van der Waals surface area contributed by atoms with Crippen molar-refractivity contribution in [1.82, 2.24) is 0 Å². The molecule has 2 aromatic carbocycles. The molecule has 3 nitrogen and oxygen atoms in total. The number of ether oxygens (including phenoxy) is 1. The van der Waals surface area contributed by atoms with Crippen molar-refractivity contribution in [3.05, 3.63) is 114 Å². The lowest BCUT2D eigenvalue weighted by atomic mass is 10.1. The van der Waals surface area contributed by atoms with Crippen molar-refractivity contribution in [3.63, 3.8) is 0 Å². The molecular formula is C25H22F2N2O+2. The van der Waals surface area contributed by atoms with Crippen molar-refractivity contribution < 1.29 is 22.7 Å². The molecule has 0 spiro atoms. The highest BCUT2D eigenvalue weighted by Gasteiger charge is 2.14. The fraction of sp³-hybridized carbons (Fsp3) is 0.120. The maximum atomic E-state index is 13.1. The van der Waals surface area contributed by atoms with E-state index in [0.29, 0.717) is 13.1 Å². The number of hydrogen-bond acceptors (Lipinski definition) is 1. The number of halogens is 2. The normalized spacial score (nSPS) is 10.8. The lowest BCUT2D eigenvalue weighted by molar-refractivity contribution is -0.688. The molecule has 0 aliphatic carbocycles. The minimum Gasteiger partial charge on any atom is -0.490 e. The number of nitrogens with zero attached hydrogens (tertiary/aromatic N) is 2. The first-order valence-electron chi connectivity index (χ1n) is 9.66. The van der Waals surface area contributed by atoms with Gasteiger partial charge in [-0.15, -0.1) is 0 Å². The summed E-state index contributed by atoms with van der Waals surface area (Å²) in [4.78, 5) is 0. The topological polar surface area (TPSA) is 17.0 Å². The largest absolute Gasteiger partial charge is 0.490 e. The monoisotopic (exact) mass is 404 g/mol. The lowest BCUT2D eigenvalue weighted by Gasteiger charge is -2.08. The van der Waals surface area contributed by atoms with E-state index in [9.17, 15) is 8.78 Å². The summed E-state index contributed by atoms with van der Waals surface area (Å²) >= 11 is 0. The van der Waals surface area contributed by atoms with Gasteiger partial charge < -0.3 is 4.74 Å². The first-order valence-corrected chi connectivity index (χ1v) is 9.66. The number of aromatic nitrogens is 2. The van der Waals surface area contributed by atoms with E-state index >= 15 is 0 Å². The van der Waals surface area contributed by atoms with Crippen LogP contribution in [-0.4, -0.2) is 7.11 Å². The van der Waals surface area contributed by atoms with E-state index in [-0.39, 0.29) is 11.6 Å². The molecular weight excluding hydrogens is 382 g/mol. The van der Waals surface area contributed by atoms with Gasteiger partial charge in [0.15, 0.2) is 37.4 Å². The Kier molecular flexibility index (Phi) is 5.80. The molecule has 0 N–H and O–H groups in total. The highest BCUT2D eigenvalue weighted by atomic mass is 19.1. The van der Waals surface area contributed by atoms with Crippen LogP contribution in [0.4, 0.5) is 8.78 Å². The number of methoxy groups -OCH3 is 1. The zero-order chi connectivity index (χ0) is 20.9. The van der Waals surface area contributed by atoms with Crippen LogP contribution in [0.3, 0.4) is 0 Å². The van der Waals surface area contributed by atoms with Gasteiger partial charge in [-0.25, -0.2) is 13.3 Å². The molecule has 0 bridgehead atoms. The molecule has 0 atom stereocenters. The lowest BCUT2D eigenvalue weighted by Crippen LogP contribution is -2.34. The van der Waals surface area contributed by atoms with Gasteiger partial charge in [0.25, 0.3) is 0 Å². The van der Waals surface area contributed by atoms with Crippen molar-refractivity contribution in [2.45, 2.75) is 13.1 Å². The smallest absolute Gasteiger partial charge is 0.212 e. The van der Waals surface area contributed by atoms with Crippen molar-refractivity contribution in [1.29, 1.82) is 0 Å². The summed E-state index contributed by atoms with van der Waals surface area (Å²) in [5, 5.41) is 0. The summed E-state index contributed by atoms with van der Waals surface area (Å²) in [6.07, 6.45) is 7.93. The van der Waals surface area contributed by atoms with Gasteiger partial charge in [-0.3, -0.25) is 0 Å². The molecule has 150 valence electrons. The average Bonchev–Trinajstić information content (AvgIpc) is 2.77. The second-order valence-corrected chi connectivity index (χ2v) is 7.11. The molecule has 5 heteroatoms. The van der Waals surface area contributed by atoms with Crippen LogP contribution in [0, 0.1) is 11.6 Å². The first-order chi connectivity index (χ1) is 14.6. The van der Waals surface area contributed by atoms with Crippen LogP contribution >= 0.6 is 0 Å². The Morgan fingerprint density at radius 3 is 1.70 bits per heavy atom. The van der Waals surface area contributed by atoms with E-state index in [0.717, 1.165) is 28.0 Å². The second-order valence-electron chi connectivity index (χ2n) is 7.11. The Hall–Kier alpha value is -3.60. The Labute approximate surface area is 174 Å². The van der Waals surface area contributed by atoms with E-state index in [1.165, 1.54) is 24.3 Å². The van der Waals surface area contributed by atoms with Gasteiger partial charge >= 0.3 is 0 Å². The summed E-state index contributed by atoms with van der Waals surface area (Å²) in [5.74, 6) is 0.292. The molecule has 0 saturated heterocycles. The van der Waals surface area contributed by atoms with E-state index in [2.05, 4.69) is 0 Å². The van der Waals surface area contributed by atoms with Crippen LogP contribution in [0.15, 0.2) is 91.5 Å². The van der Waals surface area contributed by atoms with Crippen LogP contribution in [0.25, 0.3) is 11.1 Å². The van der Waals surface area contributed by atoms with Gasteiger partial charge in [-0.2, -0.15) is 4.57 Å². The van der Waals surface area contributed by atoms with E-state index in [4.69, 9.17) is 4.74 Å². The van der Waals surface area contributed by atoms with Crippen LogP contribution in [-0.2, 0) is 13.1 Å². The van der Waals surface area contributed by atoms with Crippen LogP contribution in [0.1, 0.15) is 11.1 Å². The van der Waals surface area contributed by atoms with E-state index in [1.807, 2.05) is 52.1 Å². The molecule has 0 saturated carbocycles. The van der Waals surface area contributed by atoms with Crippen molar-refractivity contribution >= 4 is 0 Å². The van der Waals surface area contributed by atoms with Crippen LogP contribution in [0.5, 0.6) is 5.75 Å². The fourth-order valence-corrected chi connectivity index (χ4v) is 3.36. The molecule has 0 unspecified atom stereocenters. The quantitative estimate of drug-likeness (QED) is 0.438. The third kappa shape index (κ3) is 4.69. The zero-order valence-corrected chi connectivity index (χ0v) is 16.6.